The van der Waals surface area contributed by atoms with Crippen molar-refractivity contribution in [2.45, 2.75) is 34.1 Å². The number of rotatable bonds is 6. The molecular weight excluding hydrogens is 232 g/mol. The lowest BCUT2D eigenvalue weighted by Crippen LogP contribution is -2.07. The summed E-state index contributed by atoms with van der Waals surface area (Å²) in [7, 11) is 0. The molecule has 3 nitrogen and oxygen atoms in total. The normalized spacial score (nSPS) is 11.2. The number of nitrogen functional groups attached to an aromatic ring is 1. The van der Waals surface area contributed by atoms with E-state index in [2.05, 4.69) is 19.2 Å². The average molecular weight is 254 g/mol. The molecule has 1 aromatic heterocycles. The van der Waals surface area contributed by atoms with Crippen molar-refractivity contribution in [3.8, 4) is 0 Å². The molecule has 0 aliphatic carbocycles. The number of nitrogens with one attached hydrogen (secondary N) is 1. The highest BCUT2D eigenvalue weighted by Gasteiger charge is 2.17. The average Bonchev–Trinajstić information content (AvgIpc) is 2.58. The molecule has 1 heterocycles. The molecular formula is C13H22N2OS. The largest absolute Gasteiger partial charge is 0.397 e. The summed E-state index contributed by atoms with van der Waals surface area (Å²) in [6, 6.07) is 1.86. The van der Waals surface area contributed by atoms with E-state index in [0.29, 0.717) is 16.5 Å². The van der Waals surface area contributed by atoms with Crippen LogP contribution in [0.3, 0.4) is 0 Å². The number of carbonyl (C=O) groups is 1. The molecule has 0 aliphatic rings. The second-order valence-corrected chi connectivity index (χ2v) is 6.08. The first-order chi connectivity index (χ1) is 7.91. The van der Waals surface area contributed by atoms with E-state index >= 15 is 0 Å². The van der Waals surface area contributed by atoms with Gasteiger partial charge in [0.05, 0.1) is 15.6 Å². The lowest BCUT2D eigenvalue weighted by Gasteiger charge is -2.05. The predicted octanol–water partition coefficient (Wildman–Crippen LogP) is 3.63. The van der Waals surface area contributed by atoms with Gasteiger partial charge in [0.15, 0.2) is 5.78 Å². The van der Waals surface area contributed by atoms with E-state index in [9.17, 15) is 4.79 Å². The number of carbonyl (C=O) groups excluding carboxylic acids is 1. The van der Waals surface area contributed by atoms with Crippen LogP contribution in [0.4, 0.5) is 10.7 Å². The number of ketones is 1. The molecule has 0 atom stereocenters. The molecule has 0 saturated carbocycles. The molecule has 1 rings (SSSR count). The zero-order valence-corrected chi connectivity index (χ0v) is 11.9. The van der Waals surface area contributed by atoms with E-state index in [-0.39, 0.29) is 11.7 Å². The second kappa shape index (κ2) is 6.05. The fraction of sp³-hybridized carbons (Fsp3) is 0.615. The van der Waals surface area contributed by atoms with Gasteiger partial charge >= 0.3 is 0 Å². The van der Waals surface area contributed by atoms with Gasteiger partial charge < -0.3 is 11.1 Å². The summed E-state index contributed by atoms with van der Waals surface area (Å²) >= 11 is 1.46. The van der Waals surface area contributed by atoms with Crippen LogP contribution in [0, 0.1) is 11.8 Å². The standard InChI is InChI=1S/C13H22N2OS/c1-8(2)5-6-15-11-7-10(14)13(17-11)12(16)9(3)4/h7-9,15H,5-6,14H2,1-4H3. The Balaban J connectivity index is 2.65. The van der Waals surface area contributed by atoms with Crippen LogP contribution < -0.4 is 11.1 Å². The van der Waals surface area contributed by atoms with E-state index in [1.165, 1.54) is 11.3 Å². The minimum atomic E-state index is -0.000496. The molecule has 0 amide bonds. The Morgan fingerprint density at radius 1 is 1.41 bits per heavy atom. The molecule has 0 aliphatic heterocycles. The summed E-state index contributed by atoms with van der Waals surface area (Å²) in [4.78, 5) is 12.6. The van der Waals surface area contributed by atoms with Gasteiger partial charge in [0.1, 0.15) is 0 Å². The fourth-order valence-corrected chi connectivity index (χ4v) is 2.52. The van der Waals surface area contributed by atoms with Crippen LogP contribution >= 0.6 is 11.3 Å². The summed E-state index contributed by atoms with van der Waals surface area (Å²) in [5.74, 6) is 0.806. The smallest absolute Gasteiger partial charge is 0.177 e. The molecule has 3 N–H and O–H groups in total. The molecule has 1 aromatic rings. The minimum absolute atomic E-state index is 0.000496. The van der Waals surface area contributed by atoms with Crippen LogP contribution in [0.15, 0.2) is 6.07 Å². The third-order valence-electron chi connectivity index (χ3n) is 2.53. The van der Waals surface area contributed by atoms with Crippen molar-refractivity contribution < 1.29 is 4.79 Å². The molecule has 17 heavy (non-hydrogen) atoms. The third kappa shape index (κ3) is 4.04. The van der Waals surface area contributed by atoms with Crippen molar-refractivity contribution in [1.29, 1.82) is 0 Å². The van der Waals surface area contributed by atoms with Crippen molar-refractivity contribution in [1.82, 2.24) is 0 Å². The Hall–Kier alpha value is -1.03. The zero-order chi connectivity index (χ0) is 13.0. The minimum Gasteiger partial charge on any atom is -0.397 e. The van der Waals surface area contributed by atoms with Gasteiger partial charge in [-0.05, 0) is 18.4 Å². The summed E-state index contributed by atoms with van der Waals surface area (Å²) in [6.45, 7) is 9.10. The van der Waals surface area contributed by atoms with Crippen LogP contribution in [0.1, 0.15) is 43.8 Å². The first-order valence-electron chi connectivity index (χ1n) is 6.09. The quantitative estimate of drug-likeness (QED) is 0.762. The van der Waals surface area contributed by atoms with Gasteiger partial charge in [-0.15, -0.1) is 11.3 Å². The number of hydrogen-bond acceptors (Lipinski definition) is 4. The number of nitrogens with two attached hydrogens (primary N) is 1. The van der Waals surface area contributed by atoms with Gasteiger partial charge in [-0.3, -0.25) is 4.79 Å². The topological polar surface area (TPSA) is 55.1 Å². The molecule has 0 spiro atoms. The maximum Gasteiger partial charge on any atom is 0.177 e. The van der Waals surface area contributed by atoms with Gasteiger partial charge in [0.25, 0.3) is 0 Å². The SMILES string of the molecule is CC(C)CCNc1cc(N)c(C(=O)C(C)C)s1. The Morgan fingerprint density at radius 2 is 2.06 bits per heavy atom. The van der Waals surface area contributed by atoms with Crippen molar-refractivity contribution in [3.63, 3.8) is 0 Å². The molecule has 96 valence electrons. The maximum absolute atomic E-state index is 11.9. The molecule has 0 saturated heterocycles. The lowest BCUT2D eigenvalue weighted by atomic mass is 10.1. The number of Topliss-reactive ketones (excluding diaryl/α,β-unsaturated/α-hetero) is 1. The van der Waals surface area contributed by atoms with E-state index in [1.807, 2.05) is 19.9 Å². The predicted molar refractivity (Wildman–Crippen MR) is 75.8 cm³/mol. The Kier molecular flexibility index (Phi) is 5.00. The number of anilines is 2. The van der Waals surface area contributed by atoms with Crippen LogP contribution in [0.5, 0.6) is 0 Å². The van der Waals surface area contributed by atoms with Gasteiger partial charge in [-0.25, -0.2) is 0 Å². The van der Waals surface area contributed by atoms with Gasteiger partial charge in [0, 0.05) is 12.5 Å². The Labute approximate surface area is 107 Å². The van der Waals surface area contributed by atoms with Crippen LogP contribution in [-0.2, 0) is 0 Å². The van der Waals surface area contributed by atoms with E-state index < -0.39 is 0 Å². The molecule has 0 unspecified atom stereocenters. The molecule has 0 radical (unpaired) electrons. The van der Waals surface area contributed by atoms with Crippen LogP contribution in [-0.4, -0.2) is 12.3 Å². The molecule has 0 bridgehead atoms. The summed E-state index contributed by atoms with van der Waals surface area (Å²) in [6.07, 6.45) is 1.12. The van der Waals surface area contributed by atoms with Crippen LogP contribution in [0.25, 0.3) is 0 Å². The molecule has 4 heteroatoms. The Morgan fingerprint density at radius 3 is 2.59 bits per heavy atom. The Bertz CT molecular complexity index is 383. The second-order valence-electron chi connectivity index (χ2n) is 5.02. The lowest BCUT2D eigenvalue weighted by molar-refractivity contribution is 0.0944. The highest BCUT2D eigenvalue weighted by molar-refractivity contribution is 7.18. The summed E-state index contributed by atoms with van der Waals surface area (Å²) in [5, 5.41) is 4.31. The van der Waals surface area contributed by atoms with Crippen LogP contribution in [0.2, 0.25) is 0 Å². The third-order valence-corrected chi connectivity index (χ3v) is 3.65. The van der Waals surface area contributed by atoms with E-state index in [1.54, 1.807) is 0 Å². The summed E-state index contributed by atoms with van der Waals surface area (Å²) < 4.78 is 0. The fourth-order valence-electron chi connectivity index (χ4n) is 1.43. The zero-order valence-electron chi connectivity index (χ0n) is 11.0. The van der Waals surface area contributed by atoms with Crippen molar-refractivity contribution in [3.05, 3.63) is 10.9 Å². The number of thiophene rings is 1. The van der Waals surface area contributed by atoms with Crippen molar-refractivity contribution in [2.24, 2.45) is 11.8 Å². The maximum atomic E-state index is 11.9. The van der Waals surface area contributed by atoms with Crippen molar-refractivity contribution >= 4 is 27.8 Å². The van der Waals surface area contributed by atoms with Gasteiger partial charge in [0.2, 0.25) is 0 Å². The summed E-state index contributed by atoms with van der Waals surface area (Å²) in [5.41, 5.74) is 6.46. The highest BCUT2D eigenvalue weighted by atomic mass is 32.1. The monoisotopic (exact) mass is 254 g/mol. The first kappa shape index (κ1) is 14.0. The van der Waals surface area contributed by atoms with Gasteiger partial charge in [-0.2, -0.15) is 0 Å². The van der Waals surface area contributed by atoms with Gasteiger partial charge in [-0.1, -0.05) is 27.7 Å². The van der Waals surface area contributed by atoms with E-state index in [4.69, 9.17) is 5.73 Å². The molecule has 0 fully saturated rings. The first-order valence-corrected chi connectivity index (χ1v) is 6.90. The van der Waals surface area contributed by atoms with Crippen molar-refractivity contribution in [2.75, 3.05) is 17.6 Å². The molecule has 0 aromatic carbocycles. The number of hydrogen-bond donors (Lipinski definition) is 2. The highest BCUT2D eigenvalue weighted by Crippen LogP contribution is 2.31. The van der Waals surface area contributed by atoms with E-state index in [0.717, 1.165) is 18.0 Å².